The number of likely N-dealkylation sites (tertiary alicyclic amines) is 1. The topological polar surface area (TPSA) is 55.6 Å². The maximum absolute atomic E-state index is 11.5. The highest BCUT2D eigenvalue weighted by Gasteiger charge is 2.30. The first-order valence-corrected chi connectivity index (χ1v) is 5.40. The molecule has 1 saturated heterocycles. The number of nitrogens with two attached hydrogens (primary N) is 1. The summed E-state index contributed by atoms with van der Waals surface area (Å²) in [6.07, 6.45) is 2.98. The quantitative estimate of drug-likeness (QED) is 0.651. The van der Waals surface area contributed by atoms with E-state index in [4.69, 9.17) is 10.5 Å². The highest BCUT2D eigenvalue weighted by atomic mass is 16.5. The molecule has 0 aromatic rings. The summed E-state index contributed by atoms with van der Waals surface area (Å²) in [5.74, 6) is -0.0676. The van der Waals surface area contributed by atoms with Crippen molar-refractivity contribution in [3.05, 3.63) is 0 Å². The van der Waals surface area contributed by atoms with Crippen molar-refractivity contribution in [2.45, 2.75) is 32.2 Å². The van der Waals surface area contributed by atoms with E-state index in [2.05, 4.69) is 4.90 Å². The summed E-state index contributed by atoms with van der Waals surface area (Å²) in [5.41, 5.74) is 5.44. The van der Waals surface area contributed by atoms with Gasteiger partial charge in [0.05, 0.1) is 6.61 Å². The van der Waals surface area contributed by atoms with Crippen LogP contribution in [0.1, 0.15) is 26.2 Å². The number of carbonyl (C=O) groups is 1. The lowest BCUT2D eigenvalue weighted by Gasteiger charge is -2.22. The van der Waals surface area contributed by atoms with Crippen molar-refractivity contribution >= 4 is 5.97 Å². The zero-order valence-electron chi connectivity index (χ0n) is 8.87. The molecule has 1 heterocycles. The highest BCUT2D eigenvalue weighted by molar-refractivity contribution is 5.76. The highest BCUT2D eigenvalue weighted by Crippen LogP contribution is 2.18. The predicted molar refractivity (Wildman–Crippen MR) is 54.9 cm³/mol. The number of rotatable bonds is 5. The van der Waals surface area contributed by atoms with Gasteiger partial charge in [-0.2, -0.15) is 0 Å². The van der Waals surface area contributed by atoms with Gasteiger partial charge in [0.25, 0.3) is 0 Å². The van der Waals surface area contributed by atoms with Crippen LogP contribution in [0.15, 0.2) is 0 Å². The maximum Gasteiger partial charge on any atom is 0.323 e. The van der Waals surface area contributed by atoms with E-state index in [0.717, 1.165) is 32.4 Å². The standard InChI is InChI=1S/C10H20N2O2/c1-2-14-10(13)9-5-3-7-12(9)8-4-6-11/h9H,2-8,11H2,1H3. The number of carbonyl (C=O) groups excluding carboxylic acids is 1. The first-order chi connectivity index (χ1) is 6.79. The molecule has 0 spiro atoms. The minimum Gasteiger partial charge on any atom is -0.465 e. The lowest BCUT2D eigenvalue weighted by atomic mass is 10.2. The van der Waals surface area contributed by atoms with Crippen LogP contribution in [0, 0.1) is 0 Å². The van der Waals surface area contributed by atoms with Crippen LogP contribution in [0.5, 0.6) is 0 Å². The average molecular weight is 200 g/mol. The average Bonchev–Trinajstić information content (AvgIpc) is 2.63. The van der Waals surface area contributed by atoms with E-state index in [9.17, 15) is 4.79 Å². The molecule has 4 heteroatoms. The second kappa shape index (κ2) is 5.98. The first kappa shape index (κ1) is 11.5. The molecule has 0 aromatic heterocycles. The summed E-state index contributed by atoms with van der Waals surface area (Å²) in [6, 6.07) is -0.0125. The molecule has 0 saturated carbocycles. The summed E-state index contributed by atoms with van der Waals surface area (Å²) in [7, 11) is 0. The molecule has 82 valence electrons. The minimum absolute atomic E-state index is 0.0125. The molecule has 0 bridgehead atoms. The number of ether oxygens (including phenoxy) is 1. The van der Waals surface area contributed by atoms with E-state index in [1.807, 2.05) is 6.92 Å². The van der Waals surface area contributed by atoms with Crippen molar-refractivity contribution in [3.8, 4) is 0 Å². The summed E-state index contributed by atoms with van der Waals surface area (Å²) < 4.78 is 5.02. The van der Waals surface area contributed by atoms with Crippen LogP contribution in [0.2, 0.25) is 0 Å². The van der Waals surface area contributed by atoms with Crippen LogP contribution in [0.3, 0.4) is 0 Å². The van der Waals surface area contributed by atoms with Gasteiger partial charge >= 0.3 is 5.97 Å². The molecule has 1 atom stereocenters. The van der Waals surface area contributed by atoms with E-state index in [0.29, 0.717) is 13.2 Å². The Morgan fingerprint density at radius 1 is 1.64 bits per heavy atom. The van der Waals surface area contributed by atoms with Crippen molar-refractivity contribution in [1.82, 2.24) is 4.90 Å². The normalized spacial score (nSPS) is 22.6. The van der Waals surface area contributed by atoms with Crippen LogP contribution in [0.25, 0.3) is 0 Å². The van der Waals surface area contributed by atoms with Gasteiger partial charge in [0.1, 0.15) is 6.04 Å². The van der Waals surface area contributed by atoms with Gasteiger partial charge in [-0.1, -0.05) is 0 Å². The van der Waals surface area contributed by atoms with Crippen molar-refractivity contribution in [2.75, 3.05) is 26.2 Å². The summed E-state index contributed by atoms with van der Waals surface area (Å²) in [5, 5.41) is 0. The second-order valence-electron chi connectivity index (χ2n) is 3.59. The Morgan fingerprint density at radius 2 is 2.43 bits per heavy atom. The molecule has 4 nitrogen and oxygen atoms in total. The fourth-order valence-electron chi connectivity index (χ4n) is 1.89. The Kier molecular flexibility index (Phi) is 4.90. The van der Waals surface area contributed by atoms with Crippen LogP contribution < -0.4 is 5.73 Å². The molecule has 1 unspecified atom stereocenters. The Balaban J connectivity index is 2.38. The molecule has 2 N–H and O–H groups in total. The Hall–Kier alpha value is -0.610. The fraction of sp³-hybridized carbons (Fsp3) is 0.900. The summed E-state index contributed by atoms with van der Waals surface area (Å²) in [6.45, 7) is 4.92. The molecule has 0 amide bonds. The van der Waals surface area contributed by atoms with Crippen LogP contribution in [-0.4, -0.2) is 43.2 Å². The third-order valence-electron chi connectivity index (χ3n) is 2.57. The zero-order valence-corrected chi connectivity index (χ0v) is 8.87. The maximum atomic E-state index is 11.5. The van der Waals surface area contributed by atoms with Gasteiger partial charge < -0.3 is 10.5 Å². The van der Waals surface area contributed by atoms with E-state index < -0.39 is 0 Å². The summed E-state index contributed by atoms with van der Waals surface area (Å²) >= 11 is 0. The van der Waals surface area contributed by atoms with E-state index in [1.165, 1.54) is 0 Å². The molecule has 14 heavy (non-hydrogen) atoms. The largest absolute Gasteiger partial charge is 0.465 e. The molecule has 1 rings (SSSR count). The number of esters is 1. The van der Waals surface area contributed by atoms with Crippen LogP contribution in [-0.2, 0) is 9.53 Å². The summed E-state index contributed by atoms with van der Waals surface area (Å²) in [4.78, 5) is 13.7. The molecular weight excluding hydrogens is 180 g/mol. The van der Waals surface area contributed by atoms with Gasteiger partial charge in [-0.05, 0) is 39.3 Å². The Labute approximate surface area is 85.4 Å². The molecule has 1 aliphatic rings. The van der Waals surface area contributed by atoms with Gasteiger partial charge in [-0.15, -0.1) is 0 Å². The van der Waals surface area contributed by atoms with Gasteiger partial charge in [-0.25, -0.2) is 0 Å². The smallest absolute Gasteiger partial charge is 0.323 e. The molecule has 0 aliphatic carbocycles. The molecule has 1 fully saturated rings. The van der Waals surface area contributed by atoms with Gasteiger partial charge in [0, 0.05) is 6.54 Å². The molecular formula is C10H20N2O2. The zero-order chi connectivity index (χ0) is 10.4. The van der Waals surface area contributed by atoms with Crippen molar-refractivity contribution in [3.63, 3.8) is 0 Å². The lowest BCUT2D eigenvalue weighted by Crippen LogP contribution is -2.38. The predicted octanol–water partition coefficient (Wildman–Crippen LogP) is 0.363. The number of hydrogen-bond acceptors (Lipinski definition) is 4. The Morgan fingerprint density at radius 3 is 3.07 bits per heavy atom. The SMILES string of the molecule is CCOC(=O)C1CCCN1CCCN. The molecule has 1 aliphatic heterocycles. The minimum atomic E-state index is -0.0676. The van der Waals surface area contributed by atoms with Gasteiger partial charge in [0.2, 0.25) is 0 Å². The van der Waals surface area contributed by atoms with Gasteiger partial charge in [-0.3, -0.25) is 9.69 Å². The second-order valence-corrected chi connectivity index (χ2v) is 3.59. The van der Waals surface area contributed by atoms with Crippen molar-refractivity contribution < 1.29 is 9.53 Å². The van der Waals surface area contributed by atoms with E-state index in [-0.39, 0.29) is 12.0 Å². The van der Waals surface area contributed by atoms with E-state index in [1.54, 1.807) is 0 Å². The van der Waals surface area contributed by atoms with Crippen LogP contribution >= 0.6 is 0 Å². The van der Waals surface area contributed by atoms with E-state index >= 15 is 0 Å². The molecule has 0 radical (unpaired) electrons. The third-order valence-corrected chi connectivity index (χ3v) is 2.57. The van der Waals surface area contributed by atoms with Gasteiger partial charge in [0.15, 0.2) is 0 Å². The molecule has 0 aromatic carbocycles. The number of hydrogen-bond donors (Lipinski definition) is 1. The Bertz CT molecular complexity index is 185. The lowest BCUT2D eigenvalue weighted by molar-refractivity contribution is -0.148. The third kappa shape index (κ3) is 2.96. The fourth-order valence-corrected chi connectivity index (χ4v) is 1.89. The van der Waals surface area contributed by atoms with Crippen LogP contribution in [0.4, 0.5) is 0 Å². The monoisotopic (exact) mass is 200 g/mol. The number of nitrogens with zero attached hydrogens (tertiary/aromatic N) is 1. The first-order valence-electron chi connectivity index (χ1n) is 5.40. The van der Waals surface area contributed by atoms with Crippen molar-refractivity contribution in [1.29, 1.82) is 0 Å². The van der Waals surface area contributed by atoms with Crippen molar-refractivity contribution in [2.24, 2.45) is 5.73 Å².